The Balaban J connectivity index is 1.94. The average Bonchev–Trinajstić information content (AvgIpc) is 2.66. The number of aromatic nitrogens is 2. The lowest BCUT2D eigenvalue weighted by Gasteiger charge is -2.08. The van der Waals surface area contributed by atoms with E-state index in [1.165, 1.54) is 17.8 Å². The van der Waals surface area contributed by atoms with Crippen molar-refractivity contribution in [3.63, 3.8) is 0 Å². The minimum atomic E-state index is -0.417. The van der Waals surface area contributed by atoms with E-state index in [1.54, 1.807) is 18.2 Å². The van der Waals surface area contributed by atoms with Crippen LogP contribution in [-0.4, -0.2) is 14.9 Å². The zero-order valence-electron chi connectivity index (χ0n) is 13.5. The summed E-state index contributed by atoms with van der Waals surface area (Å²) < 4.78 is 0. The number of nitrogens with zero attached hydrogens (tertiary/aromatic N) is 4. The summed E-state index contributed by atoms with van der Waals surface area (Å²) in [7, 11) is 0. The molecule has 0 aliphatic heterocycles. The number of benzene rings is 2. The topological polar surface area (TPSA) is 119 Å². The zero-order chi connectivity index (χ0) is 18.5. The molecule has 3 rings (SSSR count). The SMILES string of the molecule is N#Cc1c(N)nc(SCc2ccccc2[N+](=O)[O-])nc1-c1ccccc1. The lowest BCUT2D eigenvalue weighted by molar-refractivity contribution is -0.385. The van der Waals surface area contributed by atoms with Crippen LogP contribution < -0.4 is 5.73 Å². The highest BCUT2D eigenvalue weighted by Gasteiger charge is 2.16. The third-order valence-electron chi connectivity index (χ3n) is 3.62. The van der Waals surface area contributed by atoms with E-state index in [4.69, 9.17) is 5.73 Å². The van der Waals surface area contributed by atoms with Crippen molar-refractivity contribution in [2.75, 3.05) is 5.73 Å². The molecule has 2 N–H and O–H groups in total. The van der Waals surface area contributed by atoms with Crippen molar-refractivity contribution in [3.8, 4) is 17.3 Å². The molecule has 8 heteroatoms. The summed E-state index contributed by atoms with van der Waals surface area (Å²) in [5, 5.41) is 20.8. The fraction of sp³-hybridized carbons (Fsp3) is 0.0556. The number of rotatable bonds is 5. The van der Waals surface area contributed by atoms with E-state index in [2.05, 4.69) is 9.97 Å². The molecule has 0 unspecified atom stereocenters. The van der Waals surface area contributed by atoms with Gasteiger partial charge in [0.15, 0.2) is 5.16 Å². The zero-order valence-corrected chi connectivity index (χ0v) is 14.3. The Morgan fingerprint density at radius 3 is 2.50 bits per heavy atom. The highest BCUT2D eigenvalue weighted by atomic mass is 32.2. The predicted molar refractivity (Wildman–Crippen MR) is 99.3 cm³/mol. The number of para-hydroxylation sites is 1. The molecule has 7 nitrogen and oxygen atoms in total. The van der Waals surface area contributed by atoms with Crippen LogP contribution in [0.2, 0.25) is 0 Å². The molecule has 0 saturated heterocycles. The van der Waals surface area contributed by atoms with Gasteiger partial charge in [-0.1, -0.05) is 60.3 Å². The Labute approximate surface area is 153 Å². The molecule has 0 spiro atoms. The van der Waals surface area contributed by atoms with E-state index in [0.717, 1.165) is 5.56 Å². The van der Waals surface area contributed by atoms with Crippen LogP contribution >= 0.6 is 11.8 Å². The van der Waals surface area contributed by atoms with Gasteiger partial charge in [0.1, 0.15) is 17.5 Å². The maximum Gasteiger partial charge on any atom is 0.273 e. The number of nitrogens with two attached hydrogens (primary N) is 1. The summed E-state index contributed by atoms with van der Waals surface area (Å²) in [4.78, 5) is 19.3. The fourth-order valence-electron chi connectivity index (χ4n) is 2.39. The number of nitro groups is 1. The Hall–Kier alpha value is -3.44. The third-order valence-corrected chi connectivity index (χ3v) is 4.52. The largest absolute Gasteiger partial charge is 0.382 e. The second-order valence-corrected chi connectivity index (χ2v) is 6.21. The monoisotopic (exact) mass is 363 g/mol. The van der Waals surface area contributed by atoms with E-state index in [1.807, 2.05) is 36.4 Å². The van der Waals surface area contributed by atoms with Gasteiger partial charge in [0.25, 0.3) is 5.69 Å². The van der Waals surface area contributed by atoms with Crippen molar-refractivity contribution in [2.24, 2.45) is 0 Å². The number of anilines is 1. The number of thioether (sulfide) groups is 1. The van der Waals surface area contributed by atoms with Gasteiger partial charge in [0, 0.05) is 22.9 Å². The van der Waals surface area contributed by atoms with Gasteiger partial charge in [0.2, 0.25) is 0 Å². The van der Waals surface area contributed by atoms with Gasteiger partial charge in [-0.25, -0.2) is 9.97 Å². The van der Waals surface area contributed by atoms with Crippen LogP contribution in [0.3, 0.4) is 0 Å². The normalized spacial score (nSPS) is 10.3. The van der Waals surface area contributed by atoms with Gasteiger partial charge < -0.3 is 5.73 Å². The predicted octanol–water partition coefficient (Wildman–Crippen LogP) is 3.80. The fourth-order valence-corrected chi connectivity index (χ4v) is 3.24. The molecule has 0 radical (unpaired) electrons. The molecule has 0 saturated carbocycles. The van der Waals surface area contributed by atoms with E-state index in [-0.39, 0.29) is 17.1 Å². The Morgan fingerprint density at radius 2 is 1.81 bits per heavy atom. The minimum Gasteiger partial charge on any atom is -0.382 e. The van der Waals surface area contributed by atoms with Crippen molar-refractivity contribution < 1.29 is 4.92 Å². The van der Waals surface area contributed by atoms with Crippen molar-refractivity contribution in [3.05, 3.63) is 75.8 Å². The minimum absolute atomic E-state index is 0.0462. The van der Waals surface area contributed by atoms with Crippen LogP contribution in [0, 0.1) is 21.4 Å². The highest BCUT2D eigenvalue weighted by molar-refractivity contribution is 7.98. The van der Waals surface area contributed by atoms with Crippen molar-refractivity contribution in [1.29, 1.82) is 5.26 Å². The van der Waals surface area contributed by atoms with E-state index < -0.39 is 4.92 Å². The summed E-state index contributed by atoms with van der Waals surface area (Å²) >= 11 is 1.23. The van der Waals surface area contributed by atoms with Crippen LogP contribution in [0.1, 0.15) is 11.1 Å². The highest BCUT2D eigenvalue weighted by Crippen LogP contribution is 2.30. The summed E-state index contributed by atoms with van der Waals surface area (Å²) in [5.74, 6) is 0.405. The molecule has 0 bridgehead atoms. The van der Waals surface area contributed by atoms with Crippen LogP contribution in [0.4, 0.5) is 11.5 Å². The van der Waals surface area contributed by atoms with Crippen LogP contribution in [0.25, 0.3) is 11.3 Å². The summed E-state index contributed by atoms with van der Waals surface area (Å²) in [5.41, 5.74) is 7.95. The quantitative estimate of drug-likeness (QED) is 0.317. The first-order valence-electron chi connectivity index (χ1n) is 7.58. The first-order valence-corrected chi connectivity index (χ1v) is 8.57. The van der Waals surface area contributed by atoms with Gasteiger partial charge >= 0.3 is 0 Å². The molecule has 128 valence electrons. The van der Waals surface area contributed by atoms with Crippen molar-refractivity contribution in [1.82, 2.24) is 9.97 Å². The molecule has 0 fully saturated rings. The number of hydrogen-bond donors (Lipinski definition) is 1. The molecule has 0 aliphatic rings. The second-order valence-electron chi connectivity index (χ2n) is 5.27. The van der Waals surface area contributed by atoms with Gasteiger partial charge in [-0.3, -0.25) is 10.1 Å². The molecular formula is C18H13N5O2S. The van der Waals surface area contributed by atoms with Crippen LogP contribution in [-0.2, 0) is 5.75 Å². The van der Waals surface area contributed by atoms with E-state index in [9.17, 15) is 15.4 Å². The van der Waals surface area contributed by atoms with Crippen LogP contribution in [0.15, 0.2) is 59.8 Å². The number of nitriles is 1. The molecule has 0 aliphatic carbocycles. The number of nitrogen functional groups attached to an aromatic ring is 1. The summed E-state index contributed by atoms with van der Waals surface area (Å²) in [6, 6.07) is 17.8. The van der Waals surface area contributed by atoms with Crippen molar-refractivity contribution >= 4 is 23.3 Å². The Bertz CT molecular complexity index is 1000. The van der Waals surface area contributed by atoms with Gasteiger partial charge in [-0.05, 0) is 0 Å². The molecule has 3 aromatic rings. The Kier molecular flexibility index (Phi) is 5.10. The summed E-state index contributed by atoms with van der Waals surface area (Å²) in [6.07, 6.45) is 0. The smallest absolute Gasteiger partial charge is 0.273 e. The standard InChI is InChI=1S/C18H13N5O2S/c19-10-14-16(12-6-2-1-3-7-12)21-18(22-17(14)20)26-11-13-8-4-5-9-15(13)23(24)25/h1-9H,11H2,(H2,20,21,22). The molecule has 2 aromatic carbocycles. The van der Waals surface area contributed by atoms with Crippen LogP contribution in [0.5, 0.6) is 0 Å². The molecule has 26 heavy (non-hydrogen) atoms. The summed E-state index contributed by atoms with van der Waals surface area (Å²) in [6.45, 7) is 0. The second kappa shape index (κ2) is 7.63. The number of hydrogen-bond acceptors (Lipinski definition) is 7. The van der Waals surface area contributed by atoms with Gasteiger partial charge in [-0.15, -0.1) is 0 Å². The van der Waals surface area contributed by atoms with E-state index in [0.29, 0.717) is 22.2 Å². The lowest BCUT2D eigenvalue weighted by Crippen LogP contribution is -2.03. The maximum absolute atomic E-state index is 11.1. The van der Waals surface area contributed by atoms with Crippen molar-refractivity contribution in [2.45, 2.75) is 10.9 Å². The molecule has 1 heterocycles. The van der Waals surface area contributed by atoms with Gasteiger partial charge in [-0.2, -0.15) is 5.26 Å². The first-order chi connectivity index (χ1) is 12.6. The average molecular weight is 363 g/mol. The molecule has 0 atom stereocenters. The third kappa shape index (κ3) is 3.63. The van der Waals surface area contributed by atoms with Gasteiger partial charge in [0.05, 0.1) is 10.6 Å². The number of nitro benzene ring substituents is 1. The Morgan fingerprint density at radius 1 is 1.12 bits per heavy atom. The maximum atomic E-state index is 11.1. The molecule has 1 aromatic heterocycles. The molecular weight excluding hydrogens is 350 g/mol. The first kappa shape index (κ1) is 17.4. The lowest BCUT2D eigenvalue weighted by atomic mass is 10.1. The van der Waals surface area contributed by atoms with E-state index >= 15 is 0 Å². The molecule has 0 amide bonds.